The number of methoxy groups -OCH3 is 1. The van der Waals surface area contributed by atoms with Crippen LogP contribution >= 0.6 is 11.8 Å². The van der Waals surface area contributed by atoms with Gasteiger partial charge in [0.05, 0.1) is 30.8 Å². The van der Waals surface area contributed by atoms with Gasteiger partial charge < -0.3 is 15.0 Å². The van der Waals surface area contributed by atoms with Crippen molar-refractivity contribution < 1.29 is 22.7 Å². The fourth-order valence-corrected chi connectivity index (χ4v) is 3.96. The number of hydrogen-bond acceptors (Lipinski definition) is 7. The van der Waals surface area contributed by atoms with Crippen molar-refractivity contribution in [2.45, 2.75) is 24.4 Å². The number of nitrogen functional groups attached to an aromatic ring is 1. The highest BCUT2D eigenvalue weighted by molar-refractivity contribution is 7.99. The van der Waals surface area contributed by atoms with Gasteiger partial charge in [-0.3, -0.25) is 19.1 Å². The molecule has 0 radical (unpaired) electrons. The van der Waals surface area contributed by atoms with Crippen molar-refractivity contribution >= 4 is 23.4 Å². The first-order valence-corrected chi connectivity index (χ1v) is 10.6. The molecule has 9 nitrogen and oxygen atoms in total. The standard InChI is InChI=1S/C20H20F3N5O4S/c1-32-8-7-27-16(24)15(17(30)26-18(27)31)14(29)10-33-19-25-9-13(12-5-3-2-4-6-12)28(19)11-20(21,22)23/h2-6,9H,7-8,10-11,24H2,1H3,(H,26,30,31). The lowest BCUT2D eigenvalue weighted by Crippen LogP contribution is -2.37. The van der Waals surface area contributed by atoms with Gasteiger partial charge in [-0.05, 0) is 5.56 Å². The lowest BCUT2D eigenvalue weighted by atomic mass is 10.2. The van der Waals surface area contributed by atoms with Crippen LogP contribution in [0.3, 0.4) is 0 Å². The van der Waals surface area contributed by atoms with Gasteiger partial charge in [-0.15, -0.1) is 0 Å². The molecule has 0 spiro atoms. The molecule has 2 heterocycles. The molecule has 2 aromatic heterocycles. The number of thioether (sulfide) groups is 1. The summed E-state index contributed by atoms with van der Waals surface area (Å²) < 4.78 is 46.5. The van der Waals surface area contributed by atoms with Gasteiger partial charge in [0.15, 0.2) is 10.9 Å². The summed E-state index contributed by atoms with van der Waals surface area (Å²) in [5.74, 6) is -1.51. The fourth-order valence-electron chi connectivity index (χ4n) is 3.11. The number of alkyl halides is 3. The molecule has 3 N–H and O–H groups in total. The third-order valence-electron chi connectivity index (χ3n) is 4.60. The summed E-state index contributed by atoms with van der Waals surface area (Å²) in [6.07, 6.45) is -3.23. The van der Waals surface area contributed by atoms with Crippen molar-refractivity contribution in [3.63, 3.8) is 0 Å². The molecule has 1 aromatic carbocycles. The first kappa shape index (κ1) is 24.3. The van der Waals surface area contributed by atoms with Crippen LogP contribution in [0, 0.1) is 0 Å². The van der Waals surface area contributed by atoms with Gasteiger partial charge in [-0.25, -0.2) is 9.78 Å². The zero-order valence-corrected chi connectivity index (χ0v) is 18.2. The van der Waals surface area contributed by atoms with Crippen molar-refractivity contribution in [2.24, 2.45) is 0 Å². The molecule has 3 aromatic rings. The third kappa shape index (κ3) is 5.73. The molecule has 0 bridgehead atoms. The Bertz CT molecular complexity index is 1250. The molecule has 176 valence electrons. The van der Waals surface area contributed by atoms with Gasteiger partial charge in [-0.2, -0.15) is 13.2 Å². The number of anilines is 1. The maximum atomic E-state index is 13.2. The summed E-state index contributed by atoms with van der Waals surface area (Å²) in [5.41, 5.74) is 4.41. The fraction of sp³-hybridized carbons (Fsp3) is 0.300. The first-order valence-electron chi connectivity index (χ1n) is 9.57. The third-order valence-corrected chi connectivity index (χ3v) is 5.59. The molecule has 3 rings (SSSR count). The monoisotopic (exact) mass is 483 g/mol. The minimum atomic E-state index is -4.53. The Labute approximate surface area is 189 Å². The second-order valence-electron chi connectivity index (χ2n) is 6.87. The van der Waals surface area contributed by atoms with Crippen molar-refractivity contribution in [1.82, 2.24) is 19.1 Å². The van der Waals surface area contributed by atoms with Crippen molar-refractivity contribution in [3.05, 3.63) is 62.9 Å². The van der Waals surface area contributed by atoms with Crippen LogP contribution in [0.2, 0.25) is 0 Å². The van der Waals surface area contributed by atoms with Gasteiger partial charge >= 0.3 is 11.9 Å². The number of imidazole rings is 1. The van der Waals surface area contributed by atoms with Crippen LogP contribution in [-0.2, 0) is 17.8 Å². The Morgan fingerprint density at radius 3 is 2.55 bits per heavy atom. The summed E-state index contributed by atoms with van der Waals surface area (Å²) in [4.78, 5) is 43.0. The van der Waals surface area contributed by atoms with E-state index >= 15 is 0 Å². The van der Waals surface area contributed by atoms with Crippen LogP contribution in [0.1, 0.15) is 10.4 Å². The van der Waals surface area contributed by atoms with Crippen molar-refractivity contribution in [2.75, 3.05) is 25.2 Å². The number of halogens is 3. The molecule has 0 saturated carbocycles. The van der Waals surface area contributed by atoms with Crippen molar-refractivity contribution in [1.29, 1.82) is 0 Å². The largest absolute Gasteiger partial charge is 0.406 e. The minimum absolute atomic E-state index is 0.00178. The van der Waals surface area contributed by atoms with Gasteiger partial charge in [0, 0.05) is 7.11 Å². The molecule has 0 amide bonds. The number of benzene rings is 1. The zero-order chi connectivity index (χ0) is 24.2. The Morgan fingerprint density at radius 2 is 1.91 bits per heavy atom. The van der Waals surface area contributed by atoms with Gasteiger partial charge in [-0.1, -0.05) is 42.1 Å². The Hall–Kier alpha value is -3.32. The highest BCUT2D eigenvalue weighted by Gasteiger charge is 2.31. The van der Waals surface area contributed by atoms with Crippen LogP contribution in [0.25, 0.3) is 11.3 Å². The number of Topliss-reactive ketones (excluding diaryl/α,β-unsaturated/α-hetero) is 1. The normalized spacial score (nSPS) is 11.6. The lowest BCUT2D eigenvalue weighted by Gasteiger charge is -2.14. The summed E-state index contributed by atoms with van der Waals surface area (Å²) in [6.45, 7) is -1.20. The van der Waals surface area contributed by atoms with Gasteiger partial charge in [0.1, 0.15) is 17.9 Å². The number of carbonyl (C=O) groups excluding carboxylic acids is 1. The number of hydrogen-bond donors (Lipinski definition) is 2. The number of ether oxygens (including phenoxy) is 1. The molecule has 13 heteroatoms. The average molecular weight is 483 g/mol. The number of nitrogens with one attached hydrogen (secondary N) is 1. The number of nitrogens with zero attached hydrogens (tertiary/aromatic N) is 3. The van der Waals surface area contributed by atoms with Crippen LogP contribution in [0.4, 0.5) is 19.0 Å². The topological polar surface area (TPSA) is 125 Å². The number of ketones is 1. The molecule has 33 heavy (non-hydrogen) atoms. The molecule has 0 aliphatic rings. The van der Waals surface area contributed by atoms with E-state index in [1.165, 1.54) is 13.3 Å². The highest BCUT2D eigenvalue weighted by atomic mass is 32.2. The Morgan fingerprint density at radius 1 is 1.21 bits per heavy atom. The maximum absolute atomic E-state index is 13.2. The van der Waals surface area contributed by atoms with Crippen LogP contribution in [0.15, 0.2) is 51.3 Å². The van der Waals surface area contributed by atoms with Crippen LogP contribution in [0.5, 0.6) is 0 Å². The molecular formula is C20H20F3N5O4S. The predicted octanol–water partition coefficient (Wildman–Crippen LogP) is 2.17. The summed E-state index contributed by atoms with van der Waals surface area (Å²) in [7, 11) is 1.41. The smallest absolute Gasteiger partial charge is 0.384 e. The molecule has 0 aliphatic heterocycles. The number of nitrogens with two attached hydrogens (primary N) is 1. The van der Waals surface area contributed by atoms with E-state index in [0.717, 1.165) is 20.9 Å². The molecule has 0 aliphatic carbocycles. The first-order chi connectivity index (χ1) is 15.6. The van der Waals surface area contributed by atoms with Crippen molar-refractivity contribution in [3.8, 4) is 11.3 Å². The molecular weight excluding hydrogens is 463 g/mol. The van der Waals surface area contributed by atoms with E-state index in [1.807, 2.05) is 4.98 Å². The predicted molar refractivity (Wildman–Crippen MR) is 116 cm³/mol. The number of carbonyl (C=O) groups is 1. The second-order valence-corrected chi connectivity index (χ2v) is 7.81. The molecule has 0 atom stereocenters. The van der Waals surface area contributed by atoms with E-state index < -0.39 is 41.1 Å². The quantitative estimate of drug-likeness (QED) is 0.353. The lowest BCUT2D eigenvalue weighted by molar-refractivity contribution is -0.141. The summed E-state index contributed by atoms with van der Waals surface area (Å²) >= 11 is 0.733. The van der Waals surface area contributed by atoms with Gasteiger partial charge in [0.2, 0.25) is 0 Å². The van der Waals surface area contributed by atoms with Crippen LogP contribution in [-0.4, -0.2) is 50.5 Å². The number of aromatic nitrogens is 4. The van der Waals surface area contributed by atoms with E-state index in [2.05, 4.69) is 4.98 Å². The Balaban J connectivity index is 1.90. The zero-order valence-electron chi connectivity index (χ0n) is 17.4. The minimum Gasteiger partial charge on any atom is -0.384 e. The Kier molecular flexibility index (Phi) is 7.43. The average Bonchev–Trinajstić information content (AvgIpc) is 3.13. The van der Waals surface area contributed by atoms with E-state index in [1.54, 1.807) is 30.3 Å². The van der Waals surface area contributed by atoms with Gasteiger partial charge in [0.25, 0.3) is 5.56 Å². The maximum Gasteiger partial charge on any atom is 0.406 e. The number of H-pyrrole nitrogens is 1. The van der Waals surface area contributed by atoms with Crippen LogP contribution < -0.4 is 17.0 Å². The van der Waals surface area contributed by atoms with E-state index in [0.29, 0.717) is 5.56 Å². The highest BCUT2D eigenvalue weighted by Crippen LogP contribution is 2.30. The summed E-state index contributed by atoms with van der Waals surface area (Å²) in [5, 5.41) is -0.0535. The number of rotatable bonds is 9. The van der Waals surface area contributed by atoms with E-state index in [9.17, 15) is 27.6 Å². The molecule has 0 saturated heterocycles. The van der Waals surface area contributed by atoms with E-state index in [4.69, 9.17) is 10.5 Å². The SMILES string of the molecule is COCCn1c(N)c(C(=O)CSc2ncc(-c3ccccc3)n2CC(F)(F)F)c(=O)[nH]c1=O. The second kappa shape index (κ2) is 10.1. The molecule has 0 unspecified atom stereocenters. The summed E-state index contributed by atoms with van der Waals surface area (Å²) in [6, 6.07) is 8.39. The van der Waals surface area contributed by atoms with E-state index in [-0.39, 0.29) is 29.8 Å². The number of aromatic amines is 1. The molecule has 0 fully saturated rings.